The zero-order valence-electron chi connectivity index (χ0n) is 16.1. The fraction of sp³-hybridized carbons (Fsp3) is 0.478. The maximum absolute atomic E-state index is 9.83. The molecule has 0 spiro atoms. The van der Waals surface area contributed by atoms with Crippen molar-refractivity contribution in [3.05, 3.63) is 52.6 Å². The molecule has 0 saturated carbocycles. The van der Waals surface area contributed by atoms with E-state index in [4.69, 9.17) is 4.74 Å². The first-order valence-corrected chi connectivity index (χ1v) is 9.35. The zero-order chi connectivity index (χ0) is 18.2. The molecule has 25 heavy (non-hydrogen) atoms. The van der Waals surface area contributed by atoms with Gasteiger partial charge >= 0.3 is 0 Å². The highest BCUT2D eigenvalue weighted by Gasteiger charge is 2.23. The highest BCUT2D eigenvalue weighted by molar-refractivity contribution is 5.76. The van der Waals surface area contributed by atoms with Gasteiger partial charge in [0.1, 0.15) is 5.75 Å². The SMILES string of the molecule is Cc1cc(OCCC(C)(C)O)cc(C)c1-c1cccc2c1CCC2C. The van der Waals surface area contributed by atoms with Crippen molar-refractivity contribution in [1.29, 1.82) is 0 Å². The van der Waals surface area contributed by atoms with Crippen LogP contribution in [0.2, 0.25) is 0 Å². The van der Waals surface area contributed by atoms with Crippen molar-refractivity contribution in [3.63, 3.8) is 0 Å². The van der Waals surface area contributed by atoms with E-state index in [9.17, 15) is 5.11 Å². The minimum Gasteiger partial charge on any atom is -0.493 e. The molecule has 2 aromatic carbocycles. The second kappa shape index (κ2) is 6.84. The summed E-state index contributed by atoms with van der Waals surface area (Å²) in [5.74, 6) is 1.56. The molecule has 3 rings (SSSR count). The number of rotatable bonds is 5. The summed E-state index contributed by atoms with van der Waals surface area (Å²) in [4.78, 5) is 0. The molecule has 0 bridgehead atoms. The van der Waals surface area contributed by atoms with E-state index in [-0.39, 0.29) is 0 Å². The monoisotopic (exact) mass is 338 g/mol. The molecule has 0 heterocycles. The van der Waals surface area contributed by atoms with Gasteiger partial charge in [0.2, 0.25) is 0 Å². The van der Waals surface area contributed by atoms with Gasteiger partial charge in [0.05, 0.1) is 12.2 Å². The van der Waals surface area contributed by atoms with Crippen LogP contribution in [0.4, 0.5) is 0 Å². The zero-order valence-corrected chi connectivity index (χ0v) is 16.1. The van der Waals surface area contributed by atoms with Crippen LogP contribution in [0.5, 0.6) is 5.75 Å². The van der Waals surface area contributed by atoms with Gasteiger partial charge in [0.25, 0.3) is 0 Å². The Morgan fingerprint density at radius 1 is 1.16 bits per heavy atom. The summed E-state index contributed by atoms with van der Waals surface area (Å²) in [6, 6.07) is 11.0. The lowest BCUT2D eigenvalue weighted by Crippen LogP contribution is -2.21. The molecule has 134 valence electrons. The van der Waals surface area contributed by atoms with Gasteiger partial charge in [-0.05, 0) is 92.0 Å². The van der Waals surface area contributed by atoms with Gasteiger partial charge in [-0.1, -0.05) is 25.1 Å². The molecule has 1 atom stereocenters. The average Bonchev–Trinajstić information content (AvgIpc) is 2.88. The van der Waals surface area contributed by atoms with E-state index in [1.807, 2.05) is 13.8 Å². The molecule has 1 N–H and O–H groups in total. The summed E-state index contributed by atoms with van der Waals surface area (Å²) in [5.41, 5.74) is 7.60. The molecule has 0 aliphatic heterocycles. The summed E-state index contributed by atoms with van der Waals surface area (Å²) < 4.78 is 5.88. The topological polar surface area (TPSA) is 29.5 Å². The van der Waals surface area contributed by atoms with Crippen LogP contribution in [0, 0.1) is 13.8 Å². The molecule has 0 radical (unpaired) electrons. The van der Waals surface area contributed by atoms with Crippen molar-refractivity contribution in [2.45, 2.75) is 65.4 Å². The minimum absolute atomic E-state index is 0.528. The number of aliphatic hydroxyl groups is 1. The Bertz CT molecular complexity index is 745. The Kier molecular flexibility index (Phi) is 4.92. The first-order chi connectivity index (χ1) is 11.8. The van der Waals surface area contributed by atoms with Crippen LogP contribution in [-0.4, -0.2) is 17.3 Å². The maximum Gasteiger partial charge on any atom is 0.119 e. The molecule has 0 saturated heterocycles. The maximum atomic E-state index is 9.83. The lowest BCUT2D eigenvalue weighted by Gasteiger charge is -2.19. The van der Waals surface area contributed by atoms with Crippen molar-refractivity contribution in [1.82, 2.24) is 0 Å². The molecule has 2 nitrogen and oxygen atoms in total. The summed E-state index contributed by atoms with van der Waals surface area (Å²) in [6.45, 7) is 10.8. The second-order valence-corrected chi connectivity index (χ2v) is 8.16. The normalized spacial score (nSPS) is 16.8. The lowest BCUT2D eigenvalue weighted by atomic mass is 9.90. The first kappa shape index (κ1) is 18.0. The predicted molar refractivity (Wildman–Crippen MR) is 104 cm³/mol. The Morgan fingerprint density at radius 2 is 1.84 bits per heavy atom. The van der Waals surface area contributed by atoms with Crippen LogP contribution in [-0.2, 0) is 6.42 Å². The van der Waals surface area contributed by atoms with E-state index in [2.05, 4.69) is 51.1 Å². The summed E-state index contributed by atoms with van der Waals surface area (Å²) in [6.07, 6.45) is 3.05. The van der Waals surface area contributed by atoms with E-state index in [0.717, 1.165) is 5.75 Å². The quantitative estimate of drug-likeness (QED) is 0.773. The highest BCUT2D eigenvalue weighted by atomic mass is 16.5. The van der Waals surface area contributed by atoms with Crippen LogP contribution in [0.1, 0.15) is 61.8 Å². The third-order valence-electron chi connectivity index (χ3n) is 5.33. The Balaban J connectivity index is 1.90. The summed E-state index contributed by atoms with van der Waals surface area (Å²) in [5, 5.41) is 9.83. The molecule has 1 unspecified atom stereocenters. The van der Waals surface area contributed by atoms with Gasteiger partial charge in [-0.3, -0.25) is 0 Å². The van der Waals surface area contributed by atoms with E-state index in [0.29, 0.717) is 18.9 Å². The van der Waals surface area contributed by atoms with Crippen molar-refractivity contribution in [3.8, 4) is 16.9 Å². The average molecular weight is 338 g/mol. The number of aryl methyl sites for hydroxylation is 2. The van der Waals surface area contributed by atoms with E-state index in [1.54, 1.807) is 0 Å². The van der Waals surface area contributed by atoms with E-state index >= 15 is 0 Å². The van der Waals surface area contributed by atoms with Gasteiger partial charge < -0.3 is 9.84 Å². The third kappa shape index (κ3) is 3.90. The third-order valence-corrected chi connectivity index (χ3v) is 5.33. The molecule has 0 fully saturated rings. The van der Waals surface area contributed by atoms with Gasteiger partial charge in [0, 0.05) is 6.42 Å². The Hall–Kier alpha value is -1.80. The van der Waals surface area contributed by atoms with Crippen LogP contribution in [0.3, 0.4) is 0 Å². The molecule has 1 aliphatic rings. The van der Waals surface area contributed by atoms with Gasteiger partial charge in [-0.25, -0.2) is 0 Å². The van der Waals surface area contributed by atoms with Crippen molar-refractivity contribution < 1.29 is 9.84 Å². The van der Waals surface area contributed by atoms with Crippen LogP contribution < -0.4 is 4.74 Å². The van der Waals surface area contributed by atoms with Crippen molar-refractivity contribution in [2.75, 3.05) is 6.61 Å². The van der Waals surface area contributed by atoms with Crippen LogP contribution in [0.15, 0.2) is 30.3 Å². The summed E-state index contributed by atoms with van der Waals surface area (Å²) in [7, 11) is 0. The number of hydrogen-bond donors (Lipinski definition) is 1. The Morgan fingerprint density at radius 3 is 2.48 bits per heavy atom. The van der Waals surface area contributed by atoms with Crippen LogP contribution >= 0.6 is 0 Å². The van der Waals surface area contributed by atoms with Gasteiger partial charge in [-0.15, -0.1) is 0 Å². The Labute approximate surface area is 151 Å². The fourth-order valence-electron chi connectivity index (χ4n) is 3.95. The number of hydrogen-bond acceptors (Lipinski definition) is 2. The second-order valence-electron chi connectivity index (χ2n) is 8.16. The summed E-state index contributed by atoms with van der Waals surface area (Å²) >= 11 is 0. The number of fused-ring (bicyclic) bond motifs is 1. The highest BCUT2D eigenvalue weighted by Crippen LogP contribution is 2.41. The molecular formula is C23H30O2. The standard InChI is InChI=1S/C23H30O2/c1-15-9-10-20-19(15)7-6-8-21(20)22-16(2)13-18(14-17(22)3)25-12-11-23(4,5)24/h6-8,13-15,24H,9-12H2,1-5H3. The lowest BCUT2D eigenvalue weighted by molar-refractivity contribution is 0.0553. The predicted octanol–water partition coefficient (Wildman–Crippen LogP) is 5.56. The van der Waals surface area contributed by atoms with Crippen molar-refractivity contribution >= 4 is 0 Å². The molecule has 0 amide bonds. The molecule has 0 aromatic heterocycles. The minimum atomic E-state index is -0.689. The molecule has 2 aromatic rings. The van der Waals surface area contributed by atoms with E-state index < -0.39 is 5.60 Å². The fourth-order valence-corrected chi connectivity index (χ4v) is 3.95. The van der Waals surface area contributed by atoms with Crippen LogP contribution in [0.25, 0.3) is 11.1 Å². The largest absolute Gasteiger partial charge is 0.493 e. The number of ether oxygens (including phenoxy) is 1. The molecule has 2 heteroatoms. The van der Waals surface area contributed by atoms with Crippen molar-refractivity contribution in [2.24, 2.45) is 0 Å². The molecule has 1 aliphatic carbocycles. The molecular weight excluding hydrogens is 308 g/mol. The number of benzene rings is 2. The van der Waals surface area contributed by atoms with Gasteiger partial charge in [-0.2, -0.15) is 0 Å². The first-order valence-electron chi connectivity index (χ1n) is 9.35. The van der Waals surface area contributed by atoms with Gasteiger partial charge in [0.15, 0.2) is 0 Å². The smallest absolute Gasteiger partial charge is 0.119 e. The van der Waals surface area contributed by atoms with E-state index in [1.165, 1.54) is 46.2 Å².